The lowest BCUT2D eigenvalue weighted by molar-refractivity contribution is -0.111. The minimum atomic E-state index is -0.989. The SMILES string of the molecule is CCC[C@H]1CC[C@H]2[C@@H]3CC[C@@H]4C[C@](O)(CF)CC[C@@H]4[C@H]3CC[C@]12C. The third kappa shape index (κ3) is 2.58. The van der Waals surface area contributed by atoms with Crippen molar-refractivity contribution >= 4 is 0 Å². The quantitative estimate of drug-likeness (QED) is 0.695. The molecule has 1 nitrogen and oxygen atoms in total. The van der Waals surface area contributed by atoms with Crippen LogP contribution in [0.15, 0.2) is 0 Å². The first-order chi connectivity index (χ1) is 11.5. The first-order valence-corrected chi connectivity index (χ1v) is 10.8. The fraction of sp³-hybridized carbons (Fsp3) is 1.00. The first kappa shape index (κ1) is 17.3. The molecule has 0 amide bonds. The predicted octanol–water partition coefficient (Wildman–Crippen LogP) is 5.76. The van der Waals surface area contributed by atoms with E-state index in [1.807, 2.05) is 0 Å². The van der Waals surface area contributed by atoms with E-state index in [9.17, 15) is 9.50 Å². The van der Waals surface area contributed by atoms with E-state index in [1.54, 1.807) is 0 Å². The summed E-state index contributed by atoms with van der Waals surface area (Å²) in [6, 6.07) is 0. The Hall–Kier alpha value is -0.110. The molecule has 0 unspecified atom stereocenters. The Balaban J connectivity index is 1.50. The molecule has 8 atom stereocenters. The third-order valence-electron chi connectivity index (χ3n) is 9.19. The lowest BCUT2D eigenvalue weighted by Crippen LogP contribution is -2.51. The molecule has 2 heteroatoms. The lowest BCUT2D eigenvalue weighted by atomic mass is 9.49. The smallest absolute Gasteiger partial charge is 0.118 e. The first-order valence-electron chi connectivity index (χ1n) is 10.8. The van der Waals surface area contributed by atoms with Gasteiger partial charge in [-0.15, -0.1) is 0 Å². The van der Waals surface area contributed by atoms with Gasteiger partial charge in [0, 0.05) is 0 Å². The Morgan fingerprint density at radius 3 is 2.50 bits per heavy atom. The molecule has 0 bridgehead atoms. The zero-order valence-corrected chi connectivity index (χ0v) is 15.8. The van der Waals surface area contributed by atoms with E-state index >= 15 is 0 Å². The van der Waals surface area contributed by atoms with Gasteiger partial charge >= 0.3 is 0 Å². The summed E-state index contributed by atoms with van der Waals surface area (Å²) in [5.41, 5.74) is -0.380. The summed E-state index contributed by atoms with van der Waals surface area (Å²) in [5, 5.41) is 10.4. The highest BCUT2D eigenvalue weighted by atomic mass is 19.1. The van der Waals surface area contributed by atoms with Crippen LogP contribution < -0.4 is 0 Å². The van der Waals surface area contributed by atoms with Crippen molar-refractivity contribution in [3.8, 4) is 0 Å². The normalized spacial score (nSPS) is 54.0. The predicted molar refractivity (Wildman–Crippen MR) is 96.4 cm³/mol. The van der Waals surface area contributed by atoms with Gasteiger partial charge in [-0.3, -0.25) is 0 Å². The van der Waals surface area contributed by atoms with Crippen molar-refractivity contribution in [2.45, 2.75) is 90.1 Å². The van der Waals surface area contributed by atoms with Gasteiger partial charge < -0.3 is 5.11 Å². The summed E-state index contributed by atoms with van der Waals surface area (Å²) in [6.07, 6.45) is 13.7. The second-order valence-corrected chi connectivity index (χ2v) is 10.1. The van der Waals surface area contributed by atoms with Crippen LogP contribution in [0.1, 0.15) is 84.5 Å². The lowest BCUT2D eigenvalue weighted by Gasteiger charge is -2.57. The molecule has 1 N–H and O–H groups in total. The van der Waals surface area contributed by atoms with Crippen molar-refractivity contribution in [3.63, 3.8) is 0 Å². The summed E-state index contributed by atoms with van der Waals surface area (Å²) < 4.78 is 13.2. The average molecular weight is 337 g/mol. The number of aliphatic hydroxyl groups is 1. The highest BCUT2D eigenvalue weighted by Crippen LogP contribution is 2.65. The minimum Gasteiger partial charge on any atom is -0.387 e. The van der Waals surface area contributed by atoms with Gasteiger partial charge in [0.1, 0.15) is 6.67 Å². The molecule has 138 valence electrons. The summed E-state index contributed by atoms with van der Waals surface area (Å²) in [7, 11) is 0. The van der Waals surface area contributed by atoms with Crippen molar-refractivity contribution in [2.75, 3.05) is 6.67 Å². The molecular formula is C22H37FO. The molecule has 0 spiro atoms. The number of hydrogen-bond donors (Lipinski definition) is 1. The number of alkyl halides is 1. The van der Waals surface area contributed by atoms with Gasteiger partial charge in [-0.25, -0.2) is 4.39 Å². The van der Waals surface area contributed by atoms with Crippen LogP contribution >= 0.6 is 0 Å². The minimum absolute atomic E-state index is 0.538. The van der Waals surface area contributed by atoms with Crippen molar-refractivity contribution in [3.05, 3.63) is 0 Å². The number of hydrogen-bond acceptors (Lipinski definition) is 1. The van der Waals surface area contributed by atoms with E-state index in [4.69, 9.17) is 0 Å². The van der Waals surface area contributed by atoms with Gasteiger partial charge in [-0.05, 0) is 98.7 Å². The maximum atomic E-state index is 13.2. The van der Waals surface area contributed by atoms with Crippen molar-refractivity contribution in [1.82, 2.24) is 0 Å². The monoisotopic (exact) mass is 336 g/mol. The molecule has 4 saturated carbocycles. The second-order valence-electron chi connectivity index (χ2n) is 10.1. The van der Waals surface area contributed by atoms with Crippen LogP contribution in [0.25, 0.3) is 0 Å². The maximum Gasteiger partial charge on any atom is 0.118 e. The molecule has 4 aliphatic rings. The largest absolute Gasteiger partial charge is 0.387 e. The van der Waals surface area contributed by atoms with Crippen molar-refractivity contribution in [2.24, 2.45) is 40.9 Å². The maximum absolute atomic E-state index is 13.2. The van der Waals surface area contributed by atoms with Crippen molar-refractivity contribution < 1.29 is 9.50 Å². The fourth-order valence-corrected chi connectivity index (χ4v) is 8.02. The molecule has 24 heavy (non-hydrogen) atoms. The van der Waals surface area contributed by atoms with E-state index in [2.05, 4.69) is 13.8 Å². The Morgan fingerprint density at radius 2 is 1.75 bits per heavy atom. The molecular weight excluding hydrogens is 299 g/mol. The van der Waals surface area contributed by atoms with Crippen LogP contribution in [-0.2, 0) is 0 Å². The van der Waals surface area contributed by atoms with Gasteiger partial charge in [-0.1, -0.05) is 26.7 Å². The summed E-state index contributed by atoms with van der Waals surface area (Å²) >= 11 is 0. The van der Waals surface area contributed by atoms with Gasteiger partial charge in [0.05, 0.1) is 5.60 Å². The Labute approximate surface area is 147 Å². The summed E-state index contributed by atoms with van der Waals surface area (Å²) in [6.45, 7) is 4.43. The Kier molecular flexibility index (Phi) is 4.51. The Morgan fingerprint density at radius 1 is 0.958 bits per heavy atom. The van der Waals surface area contributed by atoms with Crippen LogP contribution in [0.2, 0.25) is 0 Å². The molecule has 0 radical (unpaired) electrons. The van der Waals surface area contributed by atoms with Gasteiger partial charge in [0.15, 0.2) is 0 Å². The Bertz CT molecular complexity index is 465. The summed E-state index contributed by atoms with van der Waals surface area (Å²) in [4.78, 5) is 0. The van der Waals surface area contributed by atoms with Crippen LogP contribution in [-0.4, -0.2) is 17.4 Å². The van der Waals surface area contributed by atoms with E-state index in [-0.39, 0.29) is 0 Å². The zero-order valence-electron chi connectivity index (χ0n) is 15.8. The summed E-state index contributed by atoms with van der Waals surface area (Å²) in [5.74, 6) is 5.11. The molecule has 4 fully saturated rings. The van der Waals surface area contributed by atoms with Gasteiger partial charge in [0.25, 0.3) is 0 Å². The number of rotatable bonds is 3. The molecule has 0 heterocycles. The average Bonchev–Trinajstić information content (AvgIpc) is 2.91. The molecule has 0 aromatic rings. The molecule has 0 saturated heterocycles. The number of halogens is 1. The molecule has 0 aromatic heterocycles. The second kappa shape index (κ2) is 6.25. The van der Waals surface area contributed by atoms with E-state index in [0.717, 1.165) is 42.4 Å². The van der Waals surface area contributed by atoms with Crippen LogP contribution in [0, 0.1) is 40.9 Å². The van der Waals surface area contributed by atoms with E-state index < -0.39 is 12.3 Å². The third-order valence-corrected chi connectivity index (χ3v) is 9.19. The molecule has 0 aromatic carbocycles. The zero-order chi connectivity index (χ0) is 16.9. The van der Waals surface area contributed by atoms with Crippen LogP contribution in [0.5, 0.6) is 0 Å². The molecule has 0 aliphatic heterocycles. The molecule has 4 aliphatic carbocycles. The van der Waals surface area contributed by atoms with Crippen LogP contribution in [0.3, 0.4) is 0 Å². The van der Waals surface area contributed by atoms with Crippen molar-refractivity contribution in [1.29, 1.82) is 0 Å². The van der Waals surface area contributed by atoms with E-state index in [1.165, 1.54) is 51.4 Å². The van der Waals surface area contributed by atoms with Gasteiger partial charge in [-0.2, -0.15) is 0 Å². The standard InChI is InChI=1S/C22H37FO/c1-3-4-16-6-8-20-19-7-5-15-13-22(24,14-23)12-10-17(15)18(19)9-11-21(16,20)2/h15-20,24H,3-14H2,1-2H3/t15-,16+,17+,18-,19-,20+,21-,22+/m1/s1. The number of fused-ring (bicyclic) bond motifs is 5. The van der Waals surface area contributed by atoms with Crippen LogP contribution in [0.4, 0.5) is 4.39 Å². The van der Waals surface area contributed by atoms with E-state index in [0.29, 0.717) is 17.8 Å². The highest BCUT2D eigenvalue weighted by Gasteiger charge is 2.57. The highest BCUT2D eigenvalue weighted by molar-refractivity contribution is 5.06. The fourth-order valence-electron chi connectivity index (χ4n) is 8.02. The molecule has 4 rings (SSSR count). The topological polar surface area (TPSA) is 20.2 Å². The van der Waals surface area contributed by atoms with Gasteiger partial charge in [0.2, 0.25) is 0 Å².